The monoisotopic (exact) mass is 274 g/mol. The van der Waals surface area contributed by atoms with Crippen LogP contribution in [0.1, 0.15) is 17.3 Å². The summed E-state index contributed by atoms with van der Waals surface area (Å²) in [5.74, 6) is 4.34. The van der Waals surface area contributed by atoms with E-state index in [2.05, 4.69) is 15.7 Å². The van der Waals surface area contributed by atoms with Gasteiger partial charge in [-0.2, -0.15) is 0 Å². The SMILES string of the molecule is CCS(=O)CCNC(=O)c1ccnc(NN)c1F. The van der Waals surface area contributed by atoms with Crippen LogP contribution in [0.25, 0.3) is 0 Å². The second-order valence-corrected chi connectivity index (χ2v) is 5.22. The zero-order chi connectivity index (χ0) is 13.5. The molecular formula is C10H15FN4O2S. The Morgan fingerprint density at radius 1 is 1.61 bits per heavy atom. The van der Waals surface area contributed by atoms with Crippen molar-refractivity contribution in [1.29, 1.82) is 0 Å². The van der Waals surface area contributed by atoms with Gasteiger partial charge < -0.3 is 10.7 Å². The van der Waals surface area contributed by atoms with Crippen LogP contribution >= 0.6 is 0 Å². The minimum atomic E-state index is -0.964. The van der Waals surface area contributed by atoms with Gasteiger partial charge in [0.15, 0.2) is 11.6 Å². The molecule has 0 saturated heterocycles. The third-order valence-electron chi connectivity index (χ3n) is 2.21. The topological polar surface area (TPSA) is 97.1 Å². The van der Waals surface area contributed by atoms with Crippen LogP contribution in [0.15, 0.2) is 12.3 Å². The summed E-state index contributed by atoms with van der Waals surface area (Å²) >= 11 is 0. The van der Waals surface area contributed by atoms with Crippen molar-refractivity contribution in [1.82, 2.24) is 10.3 Å². The lowest BCUT2D eigenvalue weighted by Gasteiger charge is -2.07. The van der Waals surface area contributed by atoms with E-state index >= 15 is 0 Å². The maximum absolute atomic E-state index is 13.6. The zero-order valence-corrected chi connectivity index (χ0v) is 10.7. The predicted molar refractivity (Wildman–Crippen MR) is 67.9 cm³/mol. The molecule has 0 saturated carbocycles. The molecule has 8 heteroatoms. The first-order valence-corrected chi connectivity index (χ1v) is 6.83. The molecule has 0 aromatic carbocycles. The number of halogens is 1. The maximum atomic E-state index is 13.6. The Bertz CT molecular complexity index is 456. The number of aromatic nitrogens is 1. The van der Waals surface area contributed by atoms with Crippen LogP contribution in [0, 0.1) is 5.82 Å². The zero-order valence-electron chi connectivity index (χ0n) is 9.90. The number of pyridine rings is 1. The van der Waals surface area contributed by atoms with Gasteiger partial charge in [-0.1, -0.05) is 6.92 Å². The first-order valence-electron chi connectivity index (χ1n) is 5.34. The highest BCUT2D eigenvalue weighted by Crippen LogP contribution is 2.13. The summed E-state index contributed by atoms with van der Waals surface area (Å²) in [7, 11) is -0.964. The number of amides is 1. The summed E-state index contributed by atoms with van der Waals surface area (Å²) in [6.45, 7) is 2.02. The lowest BCUT2D eigenvalue weighted by atomic mass is 10.2. The van der Waals surface area contributed by atoms with Gasteiger partial charge in [-0.25, -0.2) is 15.2 Å². The fourth-order valence-electron chi connectivity index (χ4n) is 1.24. The standard InChI is InChI=1S/C10H15FN4O2S/c1-2-18(17)6-5-14-10(16)7-3-4-13-9(15-12)8(7)11/h3-4H,2,5-6,12H2,1H3,(H,13,15)(H,14,16). The molecule has 1 heterocycles. The molecule has 6 nitrogen and oxygen atoms in total. The molecule has 1 unspecified atom stereocenters. The molecule has 0 fully saturated rings. The van der Waals surface area contributed by atoms with Crippen LogP contribution in [0.3, 0.4) is 0 Å². The highest BCUT2D eigenvalue weighted by atomic mass is 32.2. The fourth-order valence-corrected chi connectivity index (χ4v) is 1.86. The molecule has 0 bridgehead atoms. The fraction of sp³-hybridized carbons (Fsp3) is 0.400. The number of nitrogen functional groups attached to an aromatic ring is 1. The van der Waals surface area contributed by atoms with Gasteiger partial charge in [0.2, 0.25) is 0 Å². The van der Waals surface area contributed by atoms with Crippen molar-refractivity contribution in [3.05, 3.63) is 23.6 Å². The Morgan fingerprint density at radius 2 is 2.33 bits per heavy atom. The lowest BCUT2D eigenvalue weighted by Crippen LogP contribution is -2.29. The minimum absolute atomic E-state index is 0.153. The number of nitrogens with zero attached hydrogens (tertiary/aromatic N) is 1. The molecule has 0 aliphatic rings. The van der Waals surface area contributed by atoms with Gasteiger partial charge in [-0.15, -0.1) is 0 Å². The average molecular weight is 274 g/mol. The molecule has 0 spiro atoms. The van der Waals surface area contributed by atoms with Gasteiger partial charge in [0.1, 0.15) is 0 Å². The van der Waals surface area contributed by atoms with Crippen molar-refractivity contribution in [3.63, 3.8) is 0 Å². The van der Waals surface area contributed by atoms with Crippen molar-refractivity contribution in [2.24, 2.45) is 5.84 Å². The van der Waals surface area contributed by atoms with Crippen LogP contribution in [0.5, 0.6) is 0 Å². The van der Waals surface area contributed by atoms with Crippen LogP contribution in [-0.4, -0.2) is 33.2 Å². The number of carbonyl (C=O) groups is 1. The van der Waals surface area contributed by atoms with Crippen LogP contribution in [0.2, 0.25) is 0 Å². The summed E-state index contributed by atoms with van der Waals surface area (Å²) in [4.78, 5) is 15.3. The number of hydrazine groups is 1. The van der Waals surface area contributed by atoms with E-state index in [-0.39, 0.29) is 17.9 Å². The minimum Gasteiger partial charge on any atom is -0.351 e. The van der Waals surface area contributed by atoms with Crippen molar-refractivity contribution < 1.29 is 13.4 Å². The van der Waals surface area contributed by atoms with Gasteiger partial charge in [0.25, 0.3) is 5.91 Å². The molecule has 4 N–H and O–H groups in total. The van der Waals surface area contributed by atoms with Gasteiger partial charge in [-0.3, -0.25) is 9.00 Å². The van der Waals surface area contributed by atoms with E-state index < -0.39 is 22.5 Å². The quantitative estimate of drug-likeness (QED) is 0.501. The van der Waals surface area contributed by atoms with Gasteiger partial charge in [-0.05, 0) is 6.07 Å². The second kappa shape index (κ2) is 7.02. The number of nitrogens with two attached hydrogens (primary N) is 1. The van der Waals surface area contributed by atoms with E-state index in [9.17, 15) is 13.4 Å². The Balaban J connectivity index is 2.64. The molecule has 1 atom stereocenters. The Labute approximate surface area is 107 Å². The summed E-state index contributed by atoms with van der Waals surface area (Å²) in [6, 6.07) is 1.25. The third kappa shape index (κ3) is 3.74. The van der Waals surface area contributed by atoms with E-state index in [0.717, 1.165) is 0 Å². The van der Waals surface area contributed by atoms with E-state index in [1.807, 2.05) is 0 Å². The third-order valence-corrected chi connectivity index (χ3v) is 3.51. The van der Waals surface area contributed by atoms with E-state index in [4.69, 9.17) is 5.84 Å². The average Bonchev–Trinajstić information content (AvgIpc) is 2.38. The molecular weight excluding hydrogens is 259 g/mol. The smallest absolute Gasteiger partial charge is 0.254 e. The van der Waals surface area contributed by atoms with Crippen molar-refractivity contribution in [2.45, 2.75) is 6.92 Å². The van der Waals surface area contributed by atoms with Crippen LogP contribution < -0.4 is 16.6 Å². The van der Waals surface area contributed by atoms with E-state index in [1.165, 1.54) is 12.3 Å². The molecule has 0 aliphatic carbocycles. The van der Waals surface area contributed by atoms with Crippen LogP contribution in [0.4, 0.5) is 10.2 Å². The summed E-state index contributed by atoms with van der Waals surface area (Å²) in [6.07, 6.45) is 1.28. The molecule has 0 radical (unpaired) electrons. The number of anilines is 1. The summed E-state index contributed by atoms with van der Waals surface area (Å²) in [5, 5.41) is 2.49. The summed E-state index contributed by atoms with van der Waals surface area (Å²) in [5.41, 5.74) is 1.91. The Morgan fingerprint density at radius 3 is 2.94 bits per heavy atom. The number of nitrogens with one attached hydrogen (secondary N) is 2. The van der Waals surface area contributed by atoms with Crippen molar-refractivity contribution in [2.75, 3.05) is 23.5 Å². The summed E-state index contributed by atoms with van der Waals surface area (Å²) < 4.78 is 24.8. The van der Waals surface area contributed by atoms with Gasteiger partial charge in [0, 0.05) is 35.0 Å². The highest BCUT2D eigenvalue weighted by molar-refractivity contribution is 7.84. The number of hydrogen-bond donors (Lipinski definition) is 3. The molecule has 18 heavy (non-hydrogen) atoms. The van der Waals surface area contributed by atoms with Gasteiger partial charge in [0.05, 0.1) is 5.56 Å². The molecule has 1 amide bonds. The molecule has 0 aliphatic heterocycles. The number of hydrogen-bond acceptors (Lipinski definition) is 5. The highest BCUT2D eigenvalue weighted by Gasteiger charge is 2.15. The second-order valence-electron chi connectivity index (χ2n) is 3.35. The van der Waals surface area contributed by atoms with Crippen molar-refractivity contribution >= 4 is 22.5 Å². The normalized spacial score (nSPS) is 11.9. The number of carbonyl (C=O) groups excluding carboxylic acids is 1. The van der Waals surface area contributed by atoms with Crippen LogP contribution in [-0.2, 0) is 10.8 Å². The molecule has 100 valence electrons. The Kier molecular flexibility index (Phi) is 5.66. The lowest BCUT2D eigenvalue weighted by molar-refractivity contribution is 0.0952. The van der Waals surface area contributed by atoms with E-state index in [1.54, 1.807) is 6.92 Å². The number of rotatable bonds is 6. The van der Waals surface area contributed by atoms with Crippen molar-refractivity contribution in [3.8, 4) is 0 Å². The van der Waals surface area contributed by atoms with E-state index in [0.29, 0.717) is 11.5 Å². The largest absolute Gasteiger partial charge is 0.351 e. The molecule has 1 aromatic heterocycles. The first kappa shape index (κ1) is 14.5. The predicted octanol–water partition coefficient (Wildman–Crippen LogP) is 0.00470. The molecule has 1 aromatic rings. The maximum Gasteiger partial charge on any atom is 0.254 e. The molecule has 1 rings (SSSR count). The van der Waals surface area contributed by atoms with Gasteiger partial charge >= 0.3 is 0 Å². The first-order chi connectivity index (χ1) is 8.60. The Hall–Kier alpha value is -1.54.